The van der Waals surface area contributed by atoms with E-state index < -0.39 is 0 Å². The molecule has 20 heavy (non-hydrogen) atoms. The van der Waals surface area contributed by atoms with Crippen molar-refractivity contribution in [3.05, 3.63) is 58.2 Å². The molecule has 0 saturated heterocycles. The standard InChI is InChI=1S/C15H14ClN3O/c16-13-7-12(8-18-14(13)17)15(20)19-6-5-10-3-1-2-4-11(10)9-19/h1-4,7-8H,5-6,9H2,(H2,17,18). The minimum atomic E-state index is -0.0612. The van der Waals surface area contributed by atoms with Crippen LogP contribution in [0.1, 0.15) is 21.5 Å². The molecule has 1 aromatic heterocycles. The van der Waals surface area contributed by atoms with Crippen molar-refractivity contribution in [2.24, 2.45) is 0 Å². The van der Waals surface area contributed by atoms with E-state index in [9.17, 15) is 4.79 Å². The van der Waals surface area contributed by atoms with Gasteiger partial charge in [-0.15, -0.1) is 0 Å². The van der Waals surface area contributed by atoms with Gasteiger partial charge in [0.05, 0.1) is 10.6 Å². The third kappa shape index (κ3) is 2.34. The zero-order valence-corrected chi connectivity index (χ0v) is 11.6. The van der Waals surface area contributed by atoms with Crippen LogP contribution in [0.2, 0.25) is 5.02 Å². The van der Waals surface area contributed by atoms with Crippen molar-refractivity contribution in [3.63, 3.8) is 0 Å². The number of fused-ring (bicyclic) bond motifs is 1. The highest BCUT2D eigenvalue weighted by Crippen LogP contribution is 2.22. The van der Waals surface area contributed by atoms with Gasteiger partial charge in [0.2, 0.25) is 0 Å². The Balaban J connectivity index is 1.84. The molecular formula is C15H14ClN3O. The molecular weight excluding hydrogens is 274 g/mol. The molecule has 0 fully saturated rings. The van der Waals surface area contributed by atoms with Gasteiger partial charge in [-0.2, -0.15) is 0 Å². The summed E-state index contributed by atoms with van der Waals surface area (Å²) in [5, 5.41) is 0.313. The molecule has 1 aliphatic rings. The lowest BCUT2D eigenvalue weighted by atomic mass is 9.99. The van der Waals surface area contributed by atoms with Crippen LogP contribution in [-0.4, -0.2) is 22.3 Å². The first-order valence-corrected chi connectivity index (χ1v) is 6.80. The predicted octanol–water partition coefficient (Wildman–Crippen LogP) is 2.52. The normalized spacial score (nSPS) is 13.9. The van der Waals surface area contributed by atoms with Crippen LogP contribution >= 0.6 is 11.6 Å². The first-order chi connectivity index (χ1) is 9.65. The molecule has 0 atom stereocenters. The molecule has 1 aliphatic heterocycles. The Morgan fingerprint density at radius 2 is 2.05 bits per heavy atom. The molecule has 1 aromatic carbocycles. The molecule has 2 aromatic rings. The Morgan fingerprint density at radius 3 is 2.80 bits per heavy atom. The summed E-state index contributed by atoms with van der Waals surface area (Å²) in [6.07, 6.45) is 2.35. The largest absolute Gasteiger partial charge is 0.382 e. The number of carbonyl (C=O) groups excluding carboxylic acids is 1. The summed E-state index contributed by atoms with van der Waals surface area (Å²) < 4.78 is 0. The van der Waals surface area contributed by atoms with Crippen LogP contribution in [0, 0.1) is 0 Å². The van der Waals surface area contributed by atoms with E-state index in [1.165, 1.54) is 17.3 Å². The van der Waals surface area contributed by atoms with E-state index in [1.54, 1.807) is 6.07 Å². The monoisotopic (exact) mass is 287 g/mol. The quantitative estimate of drug-likeness (QED) is 0.877. The van der Waals surface area contributed by atoms with Crippen LogP contribution in [0.25, 0.3) is 0 Å². The van der Waals surface area contributed by atoms with Gasteiger partial charge in [0.15, 0.2) is 0 Å². The molecule has 5 heteroatoms. The molecule has 0 saturated carbocycles. The number of benzene rings is 1. The summed E-state index contributed by atoms with van der Waals surface area (Å²) in [6, 6.07) is 9.77. The van der Waals surface area contributed by atoms with E-state index in [2.05, 4.69) is 17.1 Å². The van der Waals surface area contributed by atoms with Crippen molar-refractivity contribution >= 4 is 23.3 Å². The van der Waals surface area contributed by atoms with Gasteiger partial charge in [0, 0.05) is 19.3 Å². The van der Waals surface area contributed by atoms with Crippen LogP contribution < -0.4 is 5.73 Å². The molecule has 0 radical (unpaired) electrons. The summed E-state index contributed by atoms with van der Waals surface area (Å²) >= 11 is 5.92. The van der Waals surface area contributed by atoms with Crippen LogP contribution in [0.3, 0.4) is 0 Å². The lowest BCUT2D eigenvalue weighted by Gasteiger charge is -2.28. The Hall–Kier alpha value is -2.07. The number of nitrogen functional groups attached to an aromatic ring is 1. The molecule has 3 rings (SSSR count). The highest BCUT2D eigenvalue weighted by atomic mass is 35.5. The van der Waals surface area contributed by atoms with Gasteiger partial charge in [-0.1, -0.05) is 35.9 Å². The first-order valence-electron chi connectivity index (χ1n) is 6.42. The van der Waals surface area contributed by atoms with E-state index in [0.717, 1.165) is 6.42 Å². The molecule has 0 bridgehead atoms. The smallest absolute Gasteiger partial charge is 0.255 e. The van der Waals surface area contributed by atoms with Gasteiger partial charge >= 0.3 is 0 Å². The van der Waals surface area contributed by atoms with Gasteiger partial charge in [0.1, 0.15) is 5.82 Å². The Bertz CT molecular complexity index is 672. The summed E-state index contributed by atoms with van der Waals surface area (Å²) in [5.74, 6) is 0.182. The minimum Gasteiger partial charge on any atom is -0.382 e. The van der Waals surface area contributed by atoms with E-state index in [0.29, 0.717) is 23.7 Å². The zero-order valence-electron chi connectivity index (χ0n) is 10.8. The van der Waals surface area contributed by atoms with Crippen LogP contribution in [0.5, 0.6) is 0 Å². The zero-order chi connectivity index (χ0) is 14.1. The summed E-state index contributed by atoms with van der Waals surface area (Å²) in [5.41, 5.74) is 8.54. The molecule has 4 nitrogen and oxygen atoms in total. The van der Waals surface area contributed by atoms with Crippen LogP contribution in [0.4, 0.5) is 5.82 Å². The first kappa shape index (κ1) is 12.9. The highest BCUT2D eigenvalue weighted by Gasteiger charge is 2.22. The molecule has 0 spiro atoms. The lowest BCUT2D eigenvalue weighted by Crippen LogP contribution is -2.36. The van der Waals surface area contributed by atoms with Crippen molar-refractivity contribution in [1.82, 2.24) is 9.88 Å². The fourth-order valence-electron chi connectivity index (χ4n) is 2.42. The fraction of sp³-hybridized carbons (Fsp3) is 0.200. The number of halogens is 1. The number of amides is 1. The van der Waals surface area contributed by atoms with Crippen LogP contribution in [0.15, 0.2) is 36.5 Å². The third-order valence-electron chi connectivity index (χ3n) is 3.53. The summed E-state index contributed by atoms with van der Waals surface area (Å²) in [6.45, 7) is 1.33. The van der Waals surface area contributed by atoms with E-state index in [1.807, 2.05) is 17.0 Å². The maximum absolute atomic E-state index is 12.5. The van der Waals surface area contributed by atoms with Crippen molar-refractivity contribution in [2.45, 2.75) is 13.0 Å². The average Bonchev–Trinajstić information content (AvgIpc) is 2.49. The summed E-state index contributed by atoms with van der Waals surface area (Å²) in [4.78, 5) is 18.2. The number of anilines is 1. The Labute approximate surface area is 122 Å². The van der Waals surface area contributed by atoms with Crippen molar-refractivity contribution in [2.75, 3.05) is 12.3 Å². The van der Waals surface area contributed by atoms with E-state index >= 15 is 0 Å². The third-order valence-corrected chi connectivity index (χ3v) is 3.84. The second-order valence-electron chi connectivity index (χ2n) is 4.84. The minimum absolute atomic E-state index is 0.0612. The molecule has 0 unspecified atom stereocenters. The SMILES string of the molecule is Nc1ncc(C(=O)N2CCc3ccccc3C2)cc1Cl. The van der Waals surface area contributed by atoms with Crippen LogP contribution in [-0.2, 0) is 13.0 Å². The summed E-state index contributed by atoms with van der Waals surface area (Å²) in [7, 11) is 0. The highest BCUT2D eigenvalue weighted by molar-refractivity contribution is 6.33. The Morgan fingerprint density at radius 1 is 1.30 bits per heavy atom. The lowest BCUT2D eigenvalue weighted by molar-refractivity contribution is 0.0734. The topological polar surface area (TPSA) is 59.2 Å². The van der Waals surface area contributed by atoms with E-state index in [-0.39, 0.29) is 11.7 Å². The average molecular weight is 288 g/mol. The van der Waals surface area contributed by atoms with Gasteiger partial charge in [-0.05, 0) is 23.6 Å². The van der Waals surface area contributed by atoms with Crippen molar-refractivity contribution < 1.29 is 4.79 Å². The van der Waals surface area contributed by atoms with Crippen molar-refractivity contribution in [1.29, 1.82) is 0 Å². The number of nitrogens with zero attached hydrogens (tertiary/aromatic N) is 2. The molecule has 2 heterocycles. The predicted molar refractivity (Wildman–Crippen MR) is 78.5 cm³/mol. The number of aromatic nitrogens is 1. The maximum Gasteiger partial charge on any atom is 0.255 e. The van der Waals surface area contributed by atoms with E-state index in [4.69, 9.17) is 17.3 Å². The van der Waals surface area contributed by atoms with Gasteiger partial charge in [0.25, 0.3) is 5.91 Å². The van der Waals surface area contributed by atoms with Crippen molar-refractivity contribution in [3.8, 4) is 0 Å². The second kappa shape index (κ2) is 5.13. The maximum atomic E-state index is 12.5. The number of hydrogen-bond donors (Lipinski definition) is 1. The Kier molecular flexibility index (Phi) is 3.32. The molecule has 102 valence electrons. The van der Waals surface area contributed by atoms with Gasteiger partial charge in [-0.25, -0.2) is 4.98 Å². The fourth-order valence-corrected chi connectivity index (χ4v) is 2.58. The number of nitrogens with two attached hydrogens (primary N) is 1. The number of hydrogen-bond acceptors (Lipinski definition) is 3. The molecule has 1 amide bonds. The van der Waals surface area contributed by atoms with Gasteiger partial charge in [-0.3, -0.25) is 4.79 Å². The van der Waals surface area contributed by atoms with Gasteiger partial charge < -0.3 is 10.6 Å². The number of pyridine rings is 1. The second-order valence-corrected chi connectivity index (χ2v) is 5.24. The molecule has 2 N–H and O–H groups in total. The number of rotatable bonds is 1. The number of carbonyl (C=O) groups is 1. The molecule has 0 aliphatic carbocycles.